The quantitative estimate of drug-likeness (QED) is 0.358. The van der Waals surface area contributed by atoms with Gasteiger partial charge in [-0.2, -0.15) is 0 Å². The highest BCUT2D eigenvalue weighted by Crippen LogP contribution is 2.32. The van der Waals surface area contributed by atoms with Crippen molar-refractivity contribution in [3.05, 3.63) is 108 Å². The smallest absolute Gasteiger partial charge is 0.255 e. The van der Waals surface area contributed by atoms with Crippen LogP contribution in [0.5, 0.6) is 5.75 Å². The molecule has 0 aliphatic carbocycles. The number of amides is 1. The maximum atomic E-state index is 13.1. The van der Waals surface area contributed by atoms with Crippen LogP contribution in [0.4, 0.5) is 5.69 Å². The van der Waals surface area contributed by atoms with E-state index in [4.69, 9.17) is 9.47 Å². The summed E-state index contributed by atoms with van der Waals surface area (Å²) in [5.41, 5.74) is 2.18. The molecule has 0 unspecified atom stereocenters. The Bertz CT molecular complexity index is 1360. The van der Waals surface area contributed by atoms with E-state index in [0.717, 1.165) is 49.4 Å². The minimum atomic E-state index is -0.274. The van der Waals surface area contributed by atoms with Crippen molar-refractivity contribution >= 4 is 28.2 Å². The number of hydrogen-bond acceptors (Lipinski definition) is 5. The van der Waals surface area contributed by atoms with Gasteiger partial charge in [-0.1, -0.05) is 66.7 Å². The largest absolute Gasteiger partial charge is 0.492 e. The van der Waals surface area contributed by atoms with Gasteiger partial charge in [0, 0.05) is 52.8 Å². The zero-order valence-corrected chi connectivity index (χ0v) is 20.0. The Kier molecular flexibility index (Phi) is 7.36. The first-order valence-corrected chi connectivity index (χ1v) is 12.1. The lowest BCUT2D eigenvalue weighted by molar-refractivity contribution is 0.0323. The molecule has 6 nitrogen and oxygen atoms in total. The Morgan fingerprint density at radius 2 is 1.47 bits per heavy atom. The number of anilines is 1. The molecule has 0 saturated carbocycles. The first-order valence-electron chi connectivity index (χ1n) is 12.1. The van der Waals surface area contributed by atoms with E-state index in [1.165, 1.54) is 0 Å². The fourth-order valence-corrected chi connectivity index (χ4v) is 4.37. The van der Waals surface area contributed by atoms with Crippen LogP contribution in [0, 0.1) is 0 Å². The normalized spacial score (nSPS) is 13.9. The summed E-state index contributed by atoms with van der Waals surface area (Å²) in [7, 11) is 0. The zero-order chi connectivity index (χ0) is 24.7. The molecule has 4 aromatic rings. The van der Waals surface area contributed by atoms with Gasteiger partial charge in [-0.3, -0.25) is 14.5 Å². The van der Waals surface area contributed by atoms with Crippen molar-refractivity contribution in [2.75, 3.05) is 44.8 Å². The second kappa shape index (κ2) is 11.2. The minimum absolute atomic E-state index is 0.116. The van der Waals surface area contributed by atoms with E-state index in [9.17, 15) is 9.59 Å². The van der Waals surface area contributed by atoms with Gasteiger partial charge in [0.15, 0.2) is 5.78 Å². The highest BCUT2D eigenvalue weighted by atomic mass is 16.5. The summed E-state index contributed by atoms with van der Waals surface area (Å²) in [6.45, 7) is 4.80. The Labute approximate surface area is 210 Å². The number of benzene rings is 4. The molecule has 5 rings (SSSR count). The molecule has 1 aliphatic heterocycles. The summed E-state index contributed by atoms with van der Waals surface area (Å²) in [4.78, 5) is 28.3. The third-order valence-electron chi connectivity index (χ3n) is 6.32. The second-order valence-corrected chi connectivity index (χ2v) is 8.69. The monoisotopic (exact) mass is 480 g/mol. The number of carbonyl (C=O) groups is 2. The summed E-state index contributed by atoms with van der Waals surface area (Å²) in [5, 5.41) is 4.84. The molecule has 4 aromatic carbocycles. The first kappa shape index (κ1) is 23.7. The predicted octanol–water partition coefficient (Wildman–Crippen LogP) is 5.03. The van der Waals surface area contributed by atoms with Gasteiger partial charge in [0.25, 0.3) is 5.91 Å². The molecule has 1 amide bonds. The number of ketones is 1. The maximum absolute atomic E-state index is 13.1. The van der Waals surface area contributed by atoms with Crippen molar-refractivity contribution in [2.45, 2.75) is 0 Å². The lowest BCUT2D eigenvalue weighted by Gasteiger charge is -2.26. The number of nitrogens with one attached hydrogen (secondary N) is 1. The minimum Gasteiger partial charge on any atom is -0.492 e. The molecule has 6 heteroatoms. The van der Waals surface area contributed by atoms with E-state index >= 15 is 0 Å². The predicted molar refractivity (Wildman–Crippen MR) is 141 cm³/mol. The van der Waals surface area contributed by atoms with Crippen molar-refractivity contribution in [3.63, 3.8) is 0 Å². The highest BCUT2D eigenvalue weighted by molar-refractivity contribution is 6.13. The molecular weight excluding hydrogens is 452 g/mol. The van der Waals surface area contributed by atoms with Gasteiger partial charge in [0.2, 0.25) is 0 Å². The van der Waals surface area contributed by atoms with Crippen molar-refractivity contribution in [2.24, 2.45) is 0 Å². The molecule has 1 N–H and O–H groups in total. The van der Waals surface area contributed by atoms with Gasteiger partial charge in [0.1, 0.15) is 12.4 Å². The summed E-state index contributed by atoms with van der Waals surface area (Å²) in [6.07, 6.45) is 0. The Balaban J connectivity index is 1.31. The molecule has 0 atom stereocenters. The lowest BCUT2D eigenvalue weighted by atomic mass is 10.0. The molecule has 0 spiro atoms. The van der Waals surface area contributed by atoms with Gasteiger partial charge in [-0.15, -0.1) is 0 Å². The van der Waals surface area contributed by atoms with Gasteiger partial charge in [-0.05, 0) is 24.3 Å². The molecule has 1 heterocycles. The Hall–Kier alpha value is -4.00. The summed E-state index contributed by atoms with van der Waals surface area (Å²) in [5.74, 6) is 0.394. The van der Waals surface area contributed by atoms with Crippen LogP contribution in [-0.4, -0.2) is 56.0 Å². The molecule has 0 radical (unpaired) electrons. The molecule has 1 aliphatic rings. The van der Waals surface area contributed by atoms with E-state index < -0.39 is 0 Å². The van der Waals surface area contributed by atoms with Crippen LogP contribution < -0.4 is 10.1 Å². The van der Waals surface area contributed by atoms with Crippen LogP contribution in [0.2, 0.25) is 0 Å². The van der Waals surface area contributed by atoms with Crippen LogP contribution in [0.1, 0.15) is 26.3 Å². The fraction of sp³-hybridized carbons (Fsp3) is 0.200. The maximum Gasteiger partial charge on any atom is 0.255 e. The average molecular weight is 481 g/mol. The van der Waals surface area contributed by atoms with Crippen molar-refractivity contribution in [3.8, 4) is 5.75 Å². The third kappa shape index (κ3) is 5.46. The number of rotatable bonds is 8. The number of ether oxygens (including phenoxy) is 2. The molecular formula is C30H28N2O4. The SMILES string of the molecule is O=C(Nc1ccc(OCCN2CCOCC2)c2ccccc12)c1cccc(C(=O)c2ccccc2)c1. The molecule has 1 fully saturated rings. The molecule has 1 saturated heterocycles. The van der Waals surface area contributed by atoms with Crippen LogP contribution >= 0.6 is 0 Å². The number of fused-ring (bicyclic) bond motifs is 1. The van der Waals surface area contributed by atoms with E-state index in [-0.39, 0.29) is 11.7 Å². The standard InChI is InChI=1S/C30H28N2O4/c33-29(22-7-2-1-3-8-22)23-9-6-10-24(21-23)30(34)31-27-13-14-28(26-12-5-4-11-25(26)27)36-20-17-32-15-18-35-19-16-32/h1-14,21H,15-20H2,(H,31,34). The molecule has 0 aromatic heterocycles. The summed E-state index contributed by atoms with van der Waals surface area (Å²) in [6, 6.07) is 27.5. The summed E-state index contributed by atoms with van der Waals surface area (Å²) >= 11 is 0. The topological polar surface area (TPSA) is 67.9 Å². The second-order valence-electron chi connectivity index (χ2n) is 8.69. The van der Waals surface area contributed by atoms with Crippen LogP contribution in [0.15, 0.2) is 91.0 Å². The molecule has 0 bridgehead atoms. The molecule has 182 valence electrons. The van der Waals surface area contributed by atoms with Gasteiger partial charge in [0.05, 0.1) is 13.2 Å². The van der Waals surface area contributed by atoms with E-state index in [0.29, 0.717) is 29.0 Å². The van der Waals surface area contributed by atoms with Gasteiger partial charge < -0.3 is 14.8 Å². The van der Waals surface area contributed by atoms with E-state index in [1.54, 1.807) is 36.4 Å². The van der Waals surface area contributed by atoms with E-state index in [1.807, 2.05) is 54.6 Å². The van der Waals surface area contributed by atoms with Crippen LogP contribution in [0.3, 0.4) is 0 Å². The lowest BCUT2D eigenvalue weighted by Crippen LogP contribution is -2.38. The number of carbonyl (C=O) groups excluding carboxylic acids is 2. The Morgan fingerprint density at radius 3 is 2.28 bits per heavy atom. The Morgan fingerprint density at radius 1 is 0.778 bits per heavy atom. The third-order valence-corrected chi connectivity index (χ3v) is 6.32. The van der Waals surface area contributed by atoms with Gasteiger partial charge >= 0.3 is 0 Å². The first-order chi connectivity index (χ1) is 17.7. The van der Waals surface area contributed by atoms with Crippen molar-refractivity contribution in [1.29, 1.82) is 0 Å². The van der Waals surface area contributed by atoms with Crippen LogP contribution in [0.25, 0.3) is 10.8 Å². The van der Waals surface area contributed by atoms with Crippen molar-refractivity contribution in [1.82, 2.24) is 4.90 Å². The highest BCUT2D eigenvalue weighted by Gasteiger charge is 2.15. The van der Waals surface area contributed by atoms with Gasteiger partial charge in [-0.25, -0.2) is 0 Å². The van der Waals surface area contributed by atoms with Crippen LogP contribution in [-0.2, 0) is 4.74 Å². The van der Waals surface area contributed by atoms with Crippen molar-refractivity contribution < 1.29 is 19.1 Å². The fourth-order valence-electron chi connectivity index (χ4n) is 4.37. The van der Waals surface area contributed by atoms with E-state index in [2.05, 4.69) is 10.2 Å². The number of morpholine rings is 1. The average Bonchev–Trinajstić information content (AvgIpc) is 2.95. The number of nitrogens with zero attached hydrogens (tertiary/aromatic N) is 1. The molecule has 36 heavy (non-hydrogen) atoms. The summed E-state index contributed by atoms with van der Waals surface area (Å²) < 4.78 is 11.5. The number of hydrogen-bond donors (Lipinski definition) is 1. The zero-order valence-electron chi connectivity index (χ0n) is 20.0.